The number of anilines is 3. The number of benzene rings is 2. The number of nitrogens with zero attached hydrogens (tertiary/aromatic N) is 6. The maximum absolute atomic E-state index is 13.4. The standard InChI is InChI=1S/C28H27N7O3/c1-32-12-9-18-13-20(6-5-19(18)16-32)30-28-29-15-22-26(31-28)35-21-7-8-24-23(14-21)33(25(36)17-38-24)10-3-2-4-11-34(35)27(22)37/h2,4-8,13-15H,3,9-12,16-17H2,1H3,(H,29,30,31). The number of carbonyl (C=O) groups is 1. The number of nitrogens with one attached hydrogen (secondary N) is 1. The highest BCUT2D eigenvalue weighted by Crippen LogP contribution is 2.35. The summed E-state index contributed by atoms with van der Waals surface area (Å²) in [5, 5.41) is 3.76. The molecule has 0 atom stereocenters. The zero-order chi connectivity index (χ0) is 25.8. The van der Waals surface area contributed by atoms with Crippen LogP contribution in [0, 0.1) is 0 Å². The Morgan fingerprint density at radius 3 is 2.87 bits per heavy atom. The van der Waals surface area contributed by atoms with Gasteiger partial charge in [0.1, 0.15) is 11.1 Å². The van der Waals surface area contributed by atoms with Gasteiger partial charge in [0.2, 0.25) is 5.95 Å². The van der Waals surface area contributed by atoms with Gasteiger partial charge < -0.3 is 19.9 Å². The Hall–Kier alpha value is -4.44. The summed E-state index contributed by atoms with van der Waals surface area (Å²) in [4.78, 5) is 39.4. The van der Waals surface area contributed by atoms with E-state index >= 15 is 0 Å². The summed E-state index contributed by atoms with van der Waals surface area (Å²) in [5.74, 6) is 0.981. The minimum atomic E-state index is -0.171. The van der Waals surface area contributed by atoms with Crippen molar-refractivity contribution < 1.29 is 9.53 Å². The zero-order valence-electron chi connectivity index (χ0n) is 21.1. The Bertz CT molecular complexity index is 1690. The number of rotatable bonds is 2. The van der Waals surface area contributed by atoms with Crippen LogP contribution in [0.15, 0.2) is 59.5 Å². The molecule has 0 unspecified atom stereocenters. The first-order valence-corrected chi connectivity index (χ1v) is 12.8. The highest BCUT2D eigenvalue weighted by molar-refractivity contribution is 5.98. The summed E-state index contributed by atoms with van der Waals surface area (Å²) < 4.78 is 9.14. The fourth-order valence-corrected chi connectivity index (χ4v) is 5.48. The molecule has 2 bridgehead atoms. The van der Waals surface area contributed by atoms with E-state index in [0.29, 0.717) is 47.9 Å². The molecule has 10 nitrogen and oxygen atoms in total. The summed E-state index contributed by atoms with van der Waals surface area (Å²) >= 11 is 0. The van der Waals surface area contributed by atoms with Gasteiger partial charge in [0, 0.05) is 31.5 Å². The molecule has 0 fully saturated rings. The number of allylic oxidation sites excluding steroid dienone is 1. The van der Waals surface area contributed by atoms with E-state index in [1.165, 1.54) is 11.1 Å². The SMILES string of the molecule is CN1CCc2cc(Nc3ncc4c(=O)n5n(c4n3)-c3ccc4c(c3)N(CCC=CC5)C(=O)CO4)ccc2C1. The number of amides is 1. The van der Waals surface area contributed by atoms with Gasteiger partial charge in [-0.2, -0.15) is 4.98 Å². The lowest BCUT2D eigenvalue weighted by atomic mass is 9.99. The topological polar surface area (TPSA) is 97.5 Å². The Kier molecular flexibility index (Phi) is 5.29. The van der Waals surface area contributed by atoms with Crippen molar-refractivity contribution in [2.75, 3.05) is 37.0 Å². The molecular weight excluding hydrogens is 482 g/mol. The molecule has 4 aromatic rings. The molecule has 1 amide bonds. The minimum absolute atomic E-state index is 0.0227. The van der Waals surface area contributed by atoms with Crippen molar-refractivity contribution in [1.29, 1.82) is 0 Å². The molecule has 2 aromatic carbocycles. The van der Waals surface area contributed by atoms with Crippen LogP contribution in [0.25, 0.3) is 16.7 Å². The number of ether oxygens (including phenoxy) is 1. The Morgan fingerprint density at radius 2 is 1.95 bits per heavy atom. The smallest absolute Gasteiger partial charge is 0.278 e. The van der Waals surface area contributed by atoms with Crippen LogP contribution < -0.4 is 20.5 Å². The van der Waals surface area contributed by atoms with Crippen LogP contribution in [-0.4, -0.2) is 56.9 Å². The molecule has 0 spiro atoms. The molecule has 0 saturated carbocycles. The van der Waals surface area contributed by atoms with Crippen LogP contribution in [0.4, 0.5) is 17.3 Å². The lowest BCUT2D eigenvalue weighted by Crippen LogP contribution is -2.39. The first kappa shape index (κ1) is 22.7. The average Bonchev–Trinajstić information content (AvgIpc) is 3.18. The second kappa shape index (κ2) is 8.84. The molecule has 0 radical (unpaired) electrons. The lowest BCUT2D eigenvalue weighted by Gasteiger charge is -2.29. The Balaban J connectivity index is 1.34. The van der Waals surface area contributed by atoms with Gasteiger partial charge in [0.25, 0.3) is 11.5 Å². The third kappa shape index (κ3) is 3.76. The van der Waals surface area contributed by atoms with Gasteiger partial charge in [0.15, 0.2) is 12.3 Å². The van der Waals surface area contributed by atoms with Crippen molar-refractivity contribution in [3.8, 4) is 11.4 Å². The average molecular weight is 510 g/mol. The van der Waals surface area contributed by atoms with Gasteiger partial charge in [-0.1, -0.05) is 18.2 Å². The van der Waals surface area contributed by atoms with Crippen LogP contribution in [0.5, 0.6) is 5.75 Å². The first-order valence-electron chi connectivity index (χ1n) is 12.8. The van der Waals surface area contributed by atoms with Gasteiger partial charge in [-0.05, 0) is 61.3 Å². The number of fused-ring (bicyclic) bond motifs is 6. The zero-order valence-corrected chi connectivity index (χ0v) is 21.1. The normalized spacial score (nSPS) is 17.0. The van der Waals surface area contributed by atoms with Crippen molar-refractivity contribution >= 4 is 34.3 Å². The van der Waals surface area contributed by atoms with Gasteiger partial charge in [-0.25, -0.2) is 14.3 Å². The van der Waals surface area contributed by atoms with E-state index in [4.69, 9.17) is 9.72 Å². The fourth-order valence-electron chi connectivity index (χ4n) is 5.48. The number of aromatic nitrogens is 4. The van der Waals surface area contributed by atoms with Crippen LogP contribution in [0.2, 0.25) is 0 Å². The van der Waals surface area contributed by atoms with Crippen molar-refractivity contribution in [1.82, 2.24) is 24.2 Å². The Morgan fingerprint density at radius 1 is 1.03 bits per heavy atom. The monoisotopic (exact) mass is 509 g/mol. The maximum Gasteiger partial charge on any atom is 0.278 e. The molecule has 0 aliphatic carbocycles. The van der Waals surface area contributed by atoms with Gasteiger partial charge in [0.05, 0.1) is 17.9 Å². The Labute approximate surface area is 218 Å². The van der Waals surface area contributed by atoms with Crippen molar-refractivity contribution in [2.45, 2.75) is 25.9 Å². The van der Waals surface area contributed by atoms with E-state index in [9.17, 15) is 9.59 Å². The second-order valence-electron chi connectivity index (χ2n) is 9.97. The highest BCUT2D eigenvalue weighted by atomic mass is 16.5. The van der Waals surface area contributed by atoms with Crippen LogP contribution in [0.1, 0.15) is 17.5 Å². The van der Waals surface area contributed by atoms with E-state index in [2.05, 4.69) is 34.4 Å². The molecule has 3 aliphatic heterocycles. The van der Waals surface area contributed by atoms with E-state index in [1.807, 2.05) is 36.4 Å². The third-order valence-electron chi connectivity index (χ3n) is 7.44. The molecule has 192 valence electrons. The highest BCUT2D eigenvalue weighted by Gasteiger charge is 2.27. The number of carbonyl (C=O) groups excluding carboxylic acids is 1. The van der Waals surface area contributed by atoms with Gasteiger partial charge >= 0.3 is 0 Å². The predicted molar refractivity (Wildman–Crippen MR) is 144 cm³/mol. The van der Waals surface area contributed by atoms with Crippen molar-refractivity contribution in [2.24, 2.45) is 0 Å². The van der Waals surface area contributed by atoms with E-state index in [0.717, 1.165) is 30.9 Å². The minimum Gasteiger partial charge on any atom is -0.482 e. The summed E-state index contributed by atoms with van der Waals surface area (Å²) in [6, 6.07) is 12.0. The molecule has 5 heterocycles. The fraction of sp³-hybridized carbons (Fsp3) is 0.286. The van der Waals surface area contributed by atoms with Crippen LogP contribution >= 0.6 is 0 Å². The van der Waals surface area contributed by atoms with Crippen LogP contribution in [-0.2, 0) is 24.3 Å². The lowest BCUT2D eigenvalue weighted by molar-refractivity contribution is -0.121. The van der Waals surface area contributed by atoms with Gasteiger partial charge in [-0.3, -0.25) is 9.59 Å². The molecule has 38 heavy (non-hydrogen) atoms. The third-order valence-corrected chi connectivity index (χ3v) is 7.44. The first-order chi connectivity index (χ1) is 18.5. The van der Waals surface area contributed by atoms with E-state index in [1.54, 1.807) is 20.5 Å². The number of likely N-dealkylation sites (N-methyl/N-ethyl adjacent to an activating group) is 1. The summed E-state index contributed by atoms with van der Waals surface area (Å²) in [7, 11) is 2.13. The number of hydrogen-bond donors (Lipinski definition) is 1. The second-order valence-corrected chi connectivity index (χ2v) is 9.97. The largest absolute Gasteiger partial charge is 0.482 e. The van der Waals surface area contributed by atoms with Crippen molar-refractivity contribution in [3.05, 3.63) is 76.2 Å². The van der Waals surface area contributed by atoms with Crippen molar-refractivity contribution in [3.63, 3.8) is 0 Å². The molecule has 3 aliphatic rings. The van der Waals surface area contributed by atoms with E-state index < -0.39 is 0 Å². The molecule has 0 saturated heterocycles. The summed E-state index contributed by atoms with van der Waals surface area (Å²) in [6.07, 6.45) is 7.21. The van der Waals surface area contributed by atoms with Crippen LogP contribution in [0.3, 0.4) is 0 Å². The van der Waals surface area contributed by atoms with E-state index in [-0.39, 0.29) is 18.1 Å². The summed E-state index contributed by atoms with van der Waals surface area (Å²) in [5.41, 5.74) is 5.31. The molecule has 10 heteroatoms. The summed E-state index contributed by atoms with van der Waals surface area (Å²) in [6.45, 7) is 2.92. The quantitative estimate of drug-likeness (QED) is 0.415. The van der Waals surface area contributed by atoms with Gasteiger partial charge in [-0.15, -0.1) is 0 Å². The molecule has 2 aromatic heterocycles. The number of hydrogen-bond acceptors (Lipinski definition) is 7. The predicted octanol–water partition coefficient (Wildman–Crippen LogP) is 3.00. The molecule has 1 N–H and O–H groups in total. The maximum atomic E-state index is 13.4. The molecule has 7 rings (SSSR count). The molecular formula is C28H27N7O3.